The van der Waals surface area contributed by atoms with E-state index in [0.29, 0.717) is 6.35 Å². The molecule has 90 valence electrons. The lowest BCUT2D eigenvalue weighted by Crippen LogP contribution is -2.67. The standard InChI is InChI=1S/C11H26N2OSi/c1-4-7-9-12-11(14-6-3)13(15-12)10-8-5-2/h11H,4-10,15H2,1-3H3. The molecule has 3 nitrogen and oxygen atoms in total. The van der Waals surface area contributed by atoms with E-state index < -0.39 is 0 Å². The maximum absolute atomic E-state index is 5.78. The van der Waals surface area contributed by atoms with E-state index >= 15 is 0 Å². The first kappa shape index (κ1) is 13.2. The van der Waals surface area contributed by atoms with E-state index in [1.165, 1.54) is 38.8 Å². The van der Waals surface area contributed by atoms with Gasteiger partial charge in [-0.05, 0) is 32.9 Å². The molecular weight excluding hydrogens is 204 g/mol. The van der Waals surface area contributed by atoms with Gasteiger partial charge in [0.2, 0.25) is 0 Å². The van der Waals surface area contributed by atoms with E-state index in [9.17, 15) is 0 Å². The van der Waals surface area contributed by atoms with Crippen LogP contribution < -0.4 is 0 Å². The van der Waals surface area contributed by atoms with E-state index in [-0.39, 0.29) is 9.84 Å². The largest absolute Gasteiger partial charge is 0.351 e. The van der Waals surface area contributed by atoms with E-state index in [1.54, 1.807) is 0 Å². The van der Waals surface area contributed by atoms with Crippen molar-refractivity contribution in [3.05, 3.63) is 0 Å². The summed E-state index contributed by atoms with van der Waals surface area (Å²) in [6, 6.07) is 0. The van der Waals surface area contributed by atoms with Gasteiger partial charge in [-0.15, -0.1) is 0 Å². The molecule has 0 atom stereocenters. The molecule has 0 amide bonds. The van der Waals surface area contributed by atoms with Crippen LogP contribution in [0.3, 0.4) is 0 Å². The maximum atomic E-state index is 5.78. The average molecular weight is 230 g/mol. The number of hydrogen-bond donors (Lipinski definition) is 0. The van der Waals surface area contributed by atoms with Crippen LogP contribution in [0.2, 0.25) is 0 Å². The van der Waals surface area contributed by atoms with E-state index in [0.717, 1.165) is 6.61 Å². The van der Waals surface area contributed by atoms with E-state index in [2.05, 4.69) is 29.9 Å². The lowest BCUT2D eigenvalue weighted by Gasteiger charge is -2.50. The summed E-state index contributed by atoms with van der Waals surface area (Å²) >= 11 is 0. The van der Waals surface area contributed by atoms with Crippen LogP contribution >= 0.6 is 0 Å². The lowest BCUT2D eigenvalue weighted by molar-refractivity contribution is -0.131. The van der Waals surface area contributed by atoms with Crippen LogP contribution in [0.1, 0.15) is 46.5 Å². The maximum Gasteiger partial charge on any atom is 0.179 e. The SMILES string of the molecule is CCCCN1[SiH2]N(CCCC)C1OCC. The number of nitrogens with zero attached hydrogens (tertiary/aromatic N) is 2. The molecule has 0 radical (unpaired) electrons. The molecule has 0 spiro atoms. The van der Waals surface area contributed by atoms with E-state index in [1.807, 2.05) is 0 Å². The topological polar surface area (TPSA) is 15.7 Å². The second-order valence-corrected chi connectivity index (χ2v) is 6.16. The summed E-state index contributed by atoms with van der Waals surface area (Å²) in [5.74, 6) is 0. The smallest absolute Gasteiger partial charge is 0.179 e. The minimum absolute atomic E-state index is 0.134. The molecule has 15 heavy (non-hydrogen) atoms. The molecule has 0 bridgehead atoms. The van der Waals surface area contributed by atoms with Gasteiger partial charge >= 0.3 is 0 Å². The van der Waals surface area contributed by atoms with Crippen LogP contribution in [0.15, 0.2) is 0 Å². The highest BCUT2D eigenvalue weighted by atomic mass is 28.2. The third-order valence-corrected chi connectivity index (χ3v) is 4.89. The quantitative estimate of drug-likeness (QED) is 0.588. The third kappa shape index (κ3) is 3.87. The van der Waals surface area contributed by atoms with Crippen LogP contribution in [0.4, 0.5) is 0 Å². The molecule has 4 heteroatoms. The van der Waals surface area contributed by atoms with Gasteiger partial charge < -0.3 is 4.74 Å². The minimum Gasteiger partial charge on any atom is -0.351 e. The third-order valence-electron chi connectivity index (χ3n) is 2.90. The molecule has 0 saturated carbocycles. The summed E-state index contributed by atoms with van der Waals surface area (Å²) in [4.78, 5) is 0. The van der Waals surface area contributed by atoms with Crippen LogP contribution in [-0.4, -0.2) is 45.0 Å². The highest BCUT2D eigenvalue weighted by molar-refractivity contribution is 6.31. The van der Waals surface area contributed by atoms with Gasteiger partial charge in [0.05, 0.1) is 0 Å². The van der Waals surface area contributed by atoms with E-state index in [4.69, 9.17) is 4.74 Å². The molecule has 1 rings (SSSR count). The van der Waals surface area contributed by atoms with Crippen molar-refractivity contribution in [3.63, 3.8) is 0 Å². The first-order valence-electron chi connectivity index (χ1n) is 6.43. The number of rotatable bonds is 8. The Hall–Kier alpha value is 0.0969. The predicted octanol–water partition coefficient (Wildman–Crippen LogP) is 1.52. The van der Waals surface area contributed by atoms with Gasteiger partial charge in [0.1, 0.15) is 0 Å². The lowest BCUT2D eigenvalue weighted by atomic mass is 10.3. The number of unbranched alkanes of at least 4 members (excludes halogenated alkanes) is 2. The molecule has 0 aromatic rings. The first-order valence-corrected chi connectivity index (χ1v) is 7.69. The van der Waals surface area contributed by atoms with Crippen LogP contribution in [0.25, 0.3) is 0 Å². The molecule has 1 fully saturated rings. The molecule has 1 saturated heterocycles. The second-order valence-electron chi connectivity index (χ2n) is 4.25. The van der Waals surface area contributed by atoms with Crippen molar-refractivity contribution in [2.24, 2.45) is 0 Å². The van der Waals surface area contributed by atoms with Gasteiger partial charge in [0.15, 0.2) is 16.2 Å². The summed E-state index contributed by atoms with van der Waals surface area (Å²) in [6.07, 6.45) is 5.55. The highest BCUT2D eigenvalue weighted by Gasteiger charge is 2.35. The van der Waals surface area contributed by atoms with Crippen LogP contribution in [0, 0.1) is 0 Å². The molecule has 0 aromatic heterocycles. The molecular formula is C11H26N2OSi. The van der Waals surface area contributed by atoms with Crippen LogP contribution in [-0.2, 0) is 4.74 Å². The normalized spacial score (nSPS) is 24.6. The molecule has 1 aliphatic rings. The summed E-state index contributed by atoms with van der Waals surface area (Å²) in [5, 5.41) is 0. The van der Waals surface area contributed by atoms with Gasteiger partial charge in [-0.1, -0.05) is 26.7 Å². The Labute approximate surface area is 96.8 Å². The average Bonchev–Trinajstić information content (AvgIpc) is 2.24. The fraction of sp³-hybridized carbons (Fsp3) is 1.00. The summed E-state index contributed by atoms with van der Waals surface area (Å²) in [5.41, 5.74) is 0. The van der Waals surface area contributed by atoms with Crippen molar-refractivity contribution in [2.45, 2.75) is 52.8 Å². The number of hydrogen-bond acceptors (Lipinski definition) is 3. The Kier molecular flexibility index (Phi) is 6.48. The summed E-state index contributed by atoms with van der Waals surface area (Å²) in [6.45, 7) is 9.93. The van der Waals surface area contributed by atoms with Gasteiger partial charge in [-0.25, -0.2) is 0 Å². The summed E-state index contributed by atoms with van der Waals surface area (Å²) in [7, 11) is -0.134. The van der Waals surface area contributed by atoms with Crippen molar-refractivity contribution in [1.82, 2.24) is 9.13 Å². The Morgan fingerprint density at radius 2 is 1.53 bits per heavy atom. The van der Waals surface area contributed by atoms with Gasteiger partial charge in [0, 0.05) is 6.61 Å². The van der Waals surface area contributed by atoms with Crippen molar-refractivity contribution in [3.8, 4) is 0 Å². The molecule has 1 aliphatic heterocycles. The van der Waals surface area contributed by atoms with Crippen molar-refractivity contribution < 1.29 is 4.74 Å². The molecule has 1 heterocycles. The fourth-order valence-corrected chi connectivity index (χ4v) is 3.79. The van der Waals surface area contributed by atoms with Crippen molar-refractivity contribution >= 4 is 9.84 Å². The highest BCUT2D eigenvalue weighted by Crippen LogP contribution is 2.19. The van der Waals surface area contributed by atoms with Crippen molar-refractivity contribution in [1.29, 1.82) is 0 Å². The van der Waals surface area contributed by atoms with Gasteiger partial charge in [-0.3, -0.25) is 9.13 Å². The molecule has 0 aliphatic carbocycles. The zero-order chi connectivity index (χ0) is 11.1. The molecule has 0 N–H and O–H groups in total. The van der Waals surface area contributed by atoms with Gasteiger partial charge in [-0.2, -0.15) is 0 Å². The monoisotopic (exact) mass is 230 g/mol. The number of ether oxygens (including phenoxy) is 1. The Bertz CT molecular complexity index is 155. The van der Waals surface area contributed by atoms with Crippen molar-refractivity contribution in [2.75, 3.05) is 19.7 Å². The minimum atomic E-state index is -0.134. The zero-order valence-electron chi connectivity index (χ0n) is 10.5. The molecule has 0 aromatic carbocycles. The Balaban J connectivity index is 2.24. The second kappa shape index (κ2) is 7.38. The molecule has 0 unspecified atom stereocenters. The predicted molar refractivity (Wildman–Crippen MR) is 67.2 cm³/mol. The zero-order valence-corrected chi connectivity index (χ0v) is 12.0. The first-order chi connectivity index (χ1) is 7.33. The van der Waals surface area contributed by atoms with Crippen LogP contribution in [0.5, 0.6) is 0 Å². The fourth-order valence-electron chi connectivity index (χ4n) is 1.95. The Morgan fingerprint density at radius 3 is 1.93 bits per heavy atom. The summed E-state index contributed by atoms with van der Waals surface area (Å²) < 4.78 is 10.9. The Morgan fingerprint density at radius 1 is 1.00 bits per heavy atom. The van der Waals surface area contributed by atoms with Gasteiger partial charge in [0.25, 0.3) is 0 Å².